The van der Waals surface area contributed by atoms with Crippen molar-refractivity contribution in [2.75, 3.05) is 5.32 Å². The maximum absolute atomic E-state index is 13.2. The van der Waals surface area contributed by atoms with Crippen molar-refractivity contribution in [1.82, 2.24) is 19.7 Å². The summed E-state index contributed by atoms with van der Waals surface area (Å²) < 4.78 is 15.0. The first-order valence-electron chi connectivity index (χ1n) is 7.75. The fourth-order valence-electron chi connectivity index (χ4n) is 2.19. The topological polar surface area (TPSA) is 72.7 Å². The smallest absolute Gasteiger partial charge is 0.239 e. The summed E-state index contributed by atoms with van der Waals surface area (Å²) in [7, 11) is 0. The Bertz CT molecular complexity index is 893. The number of amides is 1. The number of thioether (sulfide) groups is 1. The van der Waals surface area contributed by atoms with Gasteiger partial charge in [0, 0.05) is 23.7 Å². The molecule has 2 aromatic heterocycles. The summed E-state index contributed by atoms with van der Waals surface area (Å²) in [4.78, 5) is 16.4. The largest absolute Gasteiger partial charge is 0.301 e. The van der Waals surface area contributed by atoms with Crippen LogP contribution in [0.2, 0.25) is 0 Å². The molecule has 0 bridgehead atoms. The van der Waals surface area contributed by atoms with Gasteiger partial charge in [-0.15, -0.1) is 28.1 Å². The lowest BCUT2D eigenvalue weighted by atomic mass is 10.2. The first-order valence-corrected chi connectivity index (χ1v) is 9.51. The van der Waals surface area contributed by atoms with Gasteiger partial charge in [0.2, 0.25) is 5.91 Å². The van der Waals surface area contributed by atoms with Crippen molar-refractivity contribution in [1.29, 1.82) is 0 Å². The van der Waals surface area contributed by atoms with Crippen molar-refractivity contribution in [3.63, 3.8) is 0 Å². The molecule has 9 heteroatoms. The summed E-state index contributed by atoms with van der Waals surface area (Å²) in [5.74, 6) is 0.118. The minimum Gasteiger partial charge on any atom is -0.301 e. The molecule has 0 radical (unpaired) electrons. The molecule has 1 amide bonds. The van der Waals surface area contributed by atoms with Crippen LogP contribution in [0, 0.1) is 5.82 Å². The molecular weight excluding hydrogens is 373 g/mol. The summed E-state index contributed by atoms with van der Waals surface area (Å²) in [6, 6.07) is 6.04. The van der Waals surface area contributed by atoms with Crippen LogP contribution in [0.25, 0.3) is 11.4 Å². The highest BCUT2D eigenvalue weighted by Gasteiger charge is 2.21. The molecule has 0 saturated carbocycles. The van der Waals surface area contributed by atoms with E-state index in [4.69, 9.17) is 0 Å². The number of hydrogen-bond donors (Lipinski definition) is 1. The van der Waals surface area contributed by atoms with E-state index in [1.807, 2.05) is 4.57 Å². The molecule has 3 rings (SSSR count). The van der Waals surface area contributed by atoms with Crippen molar-refractivity contribution >= 4 is 34.1 Å². The molecule has 26 heavy (non-hydrogen) atoms. The van der Waals surface area contributed by atoms with Crippen LogP contribution < -0.4 is 5.32 Å². The Morgan fingerprint density at radius 3 is 2.85 bits per heavy atom. The number of halogens is 1. The van der Waals surface area contributed by atoms with Gasteiger partial charge in [-0.05, 0) is 31.2 Å². The molecule has 1 atom stereocenters. The number of hydrogen-bond acceptors (Lipinski definition) is 6. The second kappa shape index (κ2) is 8.24. The molecular formula is C17H16FN5OS2. The zero-order chi connectivity index (χ0) is 18.5. The highest BCUT2D eigenvalue weighted by Crippen LogP contribution is 2.27. The van der Waals surface area contributed by atoms with Crippen molar-refractivity contribution in [2.45, 2.75) is 23.9 Å². The Hall–Kier alpha value is -2.52. The Balaban J connectivity index is 1.79. The number of thiazole rings is 1. The first kappa shape index (κ1) is 18.3. The van der Waals surface area contributed by atoms with E-state index in [9.17, 15) is 9.18 Å². The third-order valence-electron chi connectivity index (χ3n) is 3.44. The second-order valence-corrected chi connectivity index (χ2v) is 7.50. The van der Waals surface area contributed by atoms with E-state index in [2.05, 4.69) is 27.1 Å². The molecule has 0 aliphatic rings. The van der Waals surface area contributed by atoms with Crippen LogP contribution in [-0.4, -0.2) is 30.9 Å². The Morgan fingerprint density at radius 1 is 1.42 bits per heavy atom. The molecule has 0 spiro atoms. The lowest BCUT2D eigenvalue weighted by molar-refractivity contribution is -0.115. The maximum Gasteiger partial charge on any atom is 0.239 e. The van der Waals surface area contributed by atoms with E-state index < -0.39 is 5.25 Å². The number of aromatic nitrogens is 4. The van der Waals surface area contributed by atoms with Gasteiger partial charge in [0.25, 0.3) is 0 Å². The molecule has 3 aromatic rings. The van der Waals surface area contributed by atoms with E-state index >= 15 is 0 Å². The third-order valence-corrected chi connectivity index (χ3v) is 5.21. The van der Waals surface area contributed by atoms with Crippen molar-refractivity contribution in [2.24, 2.45) is 0 Å². The normalized spacial score (nSPS) is 11.9. The van der Waals surface area contributed by atoms with Crippen molar-refractivity contribution < 1.29 is 9.18 Å². The molecule has 1 aromatic carbocycles. The van der Waals surface area contributed by atoms with E-state index in [1.165, 1.54) is 35.2 Å². The van der Waals surface area contributed by atoms with Gasteiger partial charge in [-0.3, -0.25) is 9.36 Å². The minimum absolute atomic E-state index is 0.165. The maximum atomic E-state index is 13.2. The fourth-order valence-corrected chi connectivity index (χ4v) is 3.58. The molecule has 134 valence electrons. The molecule has 0 aliphatic carbocycles. The third kappa shape index (κ3) is 4.17. The molecule has 0 saturated heterocycles. The van der Waals surface area contributed by atoms with Crippen LogP contribution in [0.5, 0.6) is 0 Å². The van der Waals surface area contributed by atoms with Gasteiger partial charge in [0.05, 0.1) is 5.25 Å². The van der Waals surface area contributed by atoms with Crippen LogP contribution in [0.3, 0.4) is 0 Å². The Labute approximate surface area is 158 Å². The molecule has 1 N–H and O–H groups in total. The zero-order valence-electron chi connectivity index (χ0n) is 13.9. The second-order valence-electron chi connectivity index (χ2n) is 5.30. The minimum atomic E-state index is -0.396. The number of carbonyl (C=O) groups excluding carboxylic acids is 1. The Kier molecular flexibility index (Phi) is 5.79. The van der Waals surface area contributed by atoms with Gasteiger partial charge in [0.1, 0.15) is 5.82 Å². The predicted octanol–water partition coefficient (Wildman–Crippen LogP) is 3.85. The molecule has 0 unspecified atom stereocenters. The van der Waals surface area contributed by atoms with Crippen LogP contribution >= 0.6 is 23.1 Å². The standard InChI is InChI=1S/C17H16FN5OS2/c1-3-9-23-14(12-4-6-13(18)7-5-12)21-22-17(23)26-11(2)15(24)20-16-19-8-10-25-16/h3-8,10-11H,1,9H2,2H3,(H,19,20,24)/t11-/m1/s1. The highest BCUT2D eigenvalue weighted by molar-refractivity contribution is 8.00. The fraction of sp³-hybridized carbons (Fsp3) is 0.176. The highest BCUT2D eigenvalue weighted by atomic mass is 32.2. The Morgan fingerprint density at radius 2 is 2.19 bits per heavy atom. The van der Waals surface area contributed by atoms with Gasteiger partial charge in [-0.2, -0.15) is 0 Å². The van der Waals surface area contributed by atoms with Crippen LogP contribution in [-0.2, 0) is 11.3 Å². The average Bonchev–Trinajstić information content (AvgIpc) is 3.27. The number of carbonyl (C=O) groups is 1. The van der Waals surface area contributed by atoms with E-state index in [1.54, 1.807) is 36.7 Å². The van der Waals surface area contributed by atoms with Crippen LogP contribution in [0.4, 0.5) is 9.52 Å². The number of rotatable bonds is 7. The summed E-state index contributed by atoms with van der Waals surface area (Å²) in [6.07, 6.45) is 3.36. The quantitative estimate of drug-likeness (QED) is 0.491. The SMILES string of the molecule is C=CCn1c(S[C@H](C)C(=O)Nc2nccs2)nnc1-c1ccc(F)cc1. The molecule has 0 aliphatic heterocycles. The van der Waals surface area contributed by atoms with Gasteiger partial charge in [-0.25, -0.2) is 9.37 Å². The predicted molar refractivity (Wildman–Crippen MR) is 102 cm³/mol. The van der Waals surface area contributed by atoms with E-state index in [0.717, 1.165) is 5.56 Å². The van der Waals surface area contributed by atoms with E-state index in [0.29, 0.717) is 22.7 Å². The average molecular weight is 389 g/mol. The van der Waals surface area contributed by atoms with Gasteiger partial charge < -0.3 is 5.32 Å². The number of benzene rings is 1. The molecule has 0 fully saturated rings. The van der Waals surface area contributed by atoms with Crippen LogP contribution in [0.15, 0.2) is 53.7 Å². The number of nitrogens with zero attached hydrogens (tertiary/aromatic N) is 4. The number of allylic oxidation sites excluding steroid dienone is 1. The lowest BCUT2D eigenvalue weighted by Crippen LogP contribution is -2.22. The van der Waals surface area contributed by atoms with Gasteiger partial charge >= 0.3 is 0 Å². The van der Waals surface area contributed by atoms with Gasteiger partial charge in [-0.1, -0.05) is 17.8 Å². The number of anilines is 1. The summed E-state index contributed by atoms with van der Waals surface area (Å²) in [5.41, 5.74) is 0.743. The molecule has 2 heterocycles. The summed E-state index contributed by atoms with van der Waals surface area (Å²) >= 11 is 2.65. The van der Waals surface area contributed by atoms with Gasteiger partial charge in [0.15, 0.2) is 16.1 Å². The van der Waals surface area contributed by atoms with Crippen LogP contribution in [0.1, 0.15) is 6.92 Å². The summed E-state index contributed by atoms with van der Waals surface area (Å²) in [5, 5.41) is 13.7. The summed E-state index contributed by atoms with van der Waals surface area (Å²) in [6.45, 7) is 6.02. The lowest BCUT2D eigenvalue weighted by Gasteiger charge is -2.12. The van der Waals surface area contributed by atoms with E-state index in [-0.39, 0.29) is 11.7 Å². The zero-order valence-corrected chi connectivity index (χ0v) is 15.6. The van der Waals surface area contributed by atoms with Crippen molar-refractivity contribution in [3.8, 4) is 11.4 Å². The first-order chi connectivity index (χ1) is 12.6. The number of nitrogens with one attached hydrogen (secondary N) is 1. The van der Waals surface area contributed by atoms with Crippen molar-refractivity contribution in [3.05, 3.63) is 54.3 Å². The molecule has 6 nitrogen and oxygen atoms in total. The monoisotopic (exact) mass is 389 g/mol.